The molecule has 1 heterocycles. The van der Waals surface area contributed by atoms with E-state index in [1.165, 1.54) is 0 Å². The maximum Gasteiger partial charge on any atom is 0.0770 e. The van der Waals surface area contributed by atoms with Crippen molar-refractivity contribution in [3.05, 3.63) is 32.0 Å². The van der Waals surface area contributed by atoms with Crippen LogP contribution >= 0.6 is 34.2 Å². The van der Waals surface area contributed by atoms with Crippen LogP contribution in [0.4, 0.5) is 5.69 Å². The second-order valence-electron chi connectivity index (χ2n) is 3.49. The van der Waals surface area contributed by atoms with E-state index in [1.807, 2.05) is 26.0 Å². The number of aromatic nitrogens is 1. The number of aryl methyl sites for hydroxylation is 2. The van der Waals surface area contributed by atoms with Gasteiger partial charge in [0, 0.05) is 10.4 Å². The Labute approximate surface area is 107 Å². The zero-order valence-electron chi connectivity index (χ0n) is 8.44. The summed E-state index contributed by atoms with van der Waals surface area (Å²) >= 11 is 8.27. The maximum absolute atomic E-state index is 6.05. The summed E-state index contributed by atoms with van der Waals surface area (Å²) in [5.41, 5.74) is 9.67. The normalized spacial score (nSPS) is 10.9. The number of pyridine rings is 1. The highest BCUT2D eigenvalue weighted by molar-refractivity contribution is 14.1. The highest BCUT2D eigenvalue weighted by atomic mass is 127. The second kappa shape index (κ2) is 3.79. The van der Waals surface area contributed by atoms with Crippen LogP contribution in [0.2, 0.25) is 5.02 Å². The summed E-state index contributed by atoms with van der Waals surface area (Å²) in [5.74, 6) is 0. The van der Waals surface area contributed by atoms with Crippen molar-refractivity contribution >= 4 is 50.8 Å². The van der Waals surface area contributed by atoms with Crippen molar-refractivity contribution in [1.82, 2.24) is 4.98 Å². The van der Waals surface area contributed by atoms with Crippen LogP contribution in [0.3, 0.4) is 0 Å². The monoisotopic (exact) mass is 332 g/mol. The van der Waals surface area contributed by atoms with Crippen LogP contribution in [-0.4, -0.2) is 4.98 Å². The largest absolute Gasteiger partial charge is 0.397 e. The third-order valence-electron chi connectivity index (χ3n) is 2.49. The molecule has 0 radical (unpaired) electrons. The van der Waals surface area contributed by atoms with E-state index in [1.54, 1.807) is 0 Å². The van der Waals surface area contributed by atoms with Gasteiger partial charge in [-0.3, -0.25) is 4.98 Å². The van der Waals surface area contributed by atoms with Crippen LogP contribution in [0, 0.1) is 17.4 Å². The lowest BCUT2D eigenvalue weighted by Crippen LogP contribution is -1.98. The van der Waals surface area contributed by atoms with Gasteiger partial charge in [0.25, 0.3) is 0 Å². The van der Waals surface area contributed by atoms with Crippen molar-refractivity contribution in [2.24, 2.45) is 0 Å². The third kappa shape index (κ3) is 1.67. The van der Waals surface area contributed by atoms with Crippen molar-refractivity contribution < 1.29 is 0 Å². The fourth-order valence-corrected chi connectivity index (χ4v) is 2.13. The molecule has 1 aromatic heterocycles. The Morgan fingerprint density at radius 1 is 1.33 bits per heavy atom. The first-order valence-corrected chi connectivity index (χ1v) is 5.98. The standard InChI is InChI=1S/C11H10ClIN2/c1-5-8(12)4-3-7-10(14)9(13)6(2)15-11(5)7/h3-4H,1-2H3,(H2,14,15). The Bertz CT molecular complexity index is 552. The fourth-order valence-electron chi connectivity index (χ4n) is 1.57. The number of nitrogen functional groups attached to an aromatic ring is 1. The van der Waals surface area contributed by atoms with E-state index in [-0.39, 0.29) is 0 Å². The minimum Gasteiger partial charge on any atom is -0.397 e. The molecule has 0 aliphatic heterocycles. The summed E-state index contributed by atoms with van der Waals surface area (Å²) in [5, 5.41) is 1.71. The SMILES string of the molecule is Cc1nc2c(C)c(Cl)ccc2c(N)c1I. The predicted molar refractivity (Wildman–Crippen MR) is 73.4 cm³/mol. The van der Waals surface area contributed by atoms with Crippen molar-refractivity contribution in [3.8, 4) is 0 Å². The lowest BCUT2D eigenvalue weighted by molar-refractivity contribution is 1.22. The lowest BCUT2D eigenvalue weighted by atomic mass is 10.1. The third-order valence-corrected chi connectivity index (χ3v) is 4.26. The first-order chi connectivity index (χ1) is 7.02. The molecule has 15 heavy (non-hydrogen) atoms. The number of nitrogens with zero attached hydrogens (tertiary/aromatic N) is 1. The summed E-state index contributed by atoms with van der Waals surface area (Å²) in [4.78, 5) is 4.52. The number of fused-ring (bicyclic) bond motifs is 1. The summed E-state index contributed by atoms with van der Waals surface area (Å²) in [6.07, 6.45) is 0. The van der Waals surface area contributed by atoms with Gasteiger partial charge in [0.05, 0.1) is 20.5 Å². The zero-order valence-corrected chi connectivity index (χ0v) is 11.3. The topological polar surface area (TPSA) is 38.9 Å². The van der Waals surface area contributed by atoms with Crippen molar-refractivity contribution in [2.75, 3.05) is 5.73 Å². The first kappa shape index (κ1) is 11.0. The number of nitrogens with two attached hydrogens (primary N) is 1. The predicted octanol–water partition coefficient (Wildman–Crippen LogP) is 3.69. The molecule has 2 N–H and O–H groups in total. The molecular weight excluding hydrogens is 322 g/mol. The Kier molecular flexibility index (Phi) is 2.77. The van der Waals surface area contributed by atoms with Crippen LogP contribution in [0.15, 0.2) is 12.1 Å². The summed E-state index contributed by atoms with van der Waals surface area (Å²) in [7, 11) is 0. The molecule has 0 saturated carbocycles. The van der Waals surface area contributed by atoms with E-state index in [9.17, 15) is 0 Å². The Morgan fingerprint density at radius 3 is 2.67 bits per heavy atom. The molecule has 4 heteroatoms. The van der Waals surface area contributed by atoms with Crippen molar-refractivity contribution in [2.45, 2.75) is 13.8 Å². The summed E-state index contributed by atoms with van der Waals surface area (Å²) in [6, 6.07) is 3.79. The van der Waals surface area contributed by atoms with E-state index in [0.29, 0.717) is 0 Å². The van der Waals surface area contributed by atoms with Gasteiger partial charge in [-0.2, -0.15) is 0 Å². The first-order valence-electron chi connectivity index (χ1n) is 4.52. The Hall–Kier alpha value is -0.550. The molecule has 0 atom stereocenters. The molecule has 0 unspecified atom stereocenters. The van der Waals surface area contributed by atoms with E-state index in [0.717, 1.165) is 36.4 Å². The number of rotatable bonds is 0. The van der Waals surface area contributed by atoms with Gasteiger partial charge in [-0.15, -0.1) is 0 Å². The minimum absolute atomic E-state index is 0.731. The molecule has 0 amide bonds. The molecular formula is C11H10ClIN2. The van der Waals surface area contributed by atoms with Gasteiger partial charge in [-0.05, 0) is 54.1 Å². The molecule has 0 aliphatic carbocycles. The number of halogens is 2. The Balaban J connectivity index is 2.98. The molecule has 0 saturated heterocycles. The number of anilines is 1. The van der Waals surface area contributed by atoms with Gasteiger partial charge in [-0.1, -0.05) is 11.6 Å². The van der Waals surface area contributed by atoms with Gasteiger partial charge in [0.1, 0.15) is 0 Å². The molecule has 0 bridgehead atoms. The van der Waals surface area contributed by atoms with Crippen LogP contribution < -0.4 is 5.73 Å². The average molecular weight is 333 g/mol. The molecule has 2 nitrogen and oxygen atoms in total. The van der Waals surface area contributed by atoms with E-state index in [4.69, 9.17) is 17.3 Å². The van der Waals surface area contributed by atoms with Crippen molar-refractivity contribution in [1.29, 1.82) is 0 Å². The zero-order chi connectivity index (χ0) is 11.2. The van der Waals surface area contributed by atoms with Gasteiger partial charge in [-0.25, -0.2) is 0 Å². The van der Waals surface area contributed by atoms with Gasteiger partial charge in [0.15, 0.2) is 0 Å². The molecule has 0 fully saturated rings. The molecule has 2 rings (SSSR count). The molecule has 78 valence electrons. The van der Waals surface area contributed by atoms with Crippen LogP contribution in [0.1, 0.15) is 11.3 Å². The fraction of sp³-hybridized carbons (Fsp3) is 0.182. The maximum atomic E-state index is 6.05. The van der Waals surface area contributed by atoms with Crippen molar-refractivity contribution in [3.63, 3.8) is 0 Å². The molecule has 0 spiro atoms. The van der Waals surface area contributed by atoms with Crippen LogP contribution in [0.5, 0.6) is 0 Å². The molecule has 2 aromatic rings. The number of hydrogen-bond donors (Lipinski definition) is 1. The highest BCUT2D eigenvalue weighted by Crippen LogP contribution is 2.31. The Morgan fingerprint density at radius 2 is 2.00 bits per heavy atom. The van der Waals surface area contributed by atoms with Crippen LogP contribution in [0.25, 0.3) is 10.9 Å². The van der Waals surface area contributed by atoms with E-state index < -0.39 is 0 Å². The minimum atomic E-state index is 0.731. The lowest BCUT2D eigenvalue weighted by Gasteiger charge is -2.09. The second-order valence-corrected chi connectivity index (χ2v) is 4.98. The smallest absolute Gasteiger partial charge is 0.0770 e. The highest BCUT2D eigenvalue weighted by Gasteiger charge is 2.10. The van der Waals surface area contributed by atoms with Gasteiger partial charge < -0.3 is 5.73 Å². The summed E-state index contributed by atoms with van der Waals surface area (Å²) < 4.78 is 1.02. The number of benzene rings is 1. The quantitative estimate of drug-likeness (QED) is 0.747. The molecule has 1 aromatic carbocycles. The molecule has 0 aliphatic rings. The van der Waals surface area contributed by atoms with Gasteiger partial charge >= 0.3 is 0 Å². The van der Waals surface area contributed by atoms with Crippen LogP contribution in [-0.2, 0) is 0 Å². The average Bonchev–Trinajstić information content (AvgIpc) is 2.21. The van der Waals surface area contributed by atoms with Gasteiger partial charge in [0.2, 0.25) is 0 Å². The number of hydrogen-bond acceptors (Lipinski definition) is 2. The summed E-state index contributed by atoms with van der Waals surface area (Å²) in [6.45, 7) is 3.92. The van der Waals surface area contributed by atoms with E-state index in [2.05, 4.69) is 27.6 Å². The van der Waals surface area contributed by atoms with E-state index >= 15 is 0 Å².